The summed E-state index contributed by atoms with van der Waals surface area (Å²) in [5.41, 5.74) is 1.83. The first-order valence-electron chi connectivity index (χ1n) is 11.3. The number of carboxylic acid groups (broad SMARTS) is 1. The highest BCUT2D eigenvalue weighted by Gasteiger charge is 2.34. The maximum Gasteiger partial charge on any atom is 0.303 e. The summed E-state index contributed by atoms with van der Waals surface area (Å²) in [6, 6.07) is 12.9. The Labute approximate surface area is 183 Å². The van der Waals surface area contributed by atoms with Crippen molar-refractivity contribution in [1.82, 2.24) is 0 Å². The fourth-order valence-electron chi connectivity index (χ4n) is 4.89. The van der Waals surface area contributed by atoms with E-state index in [-0.39, 0.29) is 24.1 Å². The highest BCUT2D eigenvalue weighted by molar-refractivity contribution is 5.68. The molecule has 2 aromatic carbocycles. The predicted molar refractivity (Wildman–Crippen MR) is 117 cm³/mol. The third kappa shape index (κ3) is 5.57. The van der Waals surface area contributed by atoms with Gasteiger partial charge in [-0.3, -0.25) is 4.79 Å². The molecule has 2 aliphatic rings. The number of carboxylic acids is 1. The second kappa shape index (κ2) is 9.71. The van der Waals surface area contributed by atoms with Crippen molar-refractivity contribution in [3.8, 4) is 11.5 Å². The average Bonchev–Trinajstić information content (AvgIpc) is 3.62. The fourth-order valence-corrected chi connectivity index (χ4v) is 4.89. The van der Waals surface area contributed by atoms with Crippen LogP contribution in [0.4, 0.5) is 4.39 Å². The van der Waals surface area contributed by atoms with Crippen LogP contribution in [0.25, 0.3) is 0 Å². The second-order valence-corrected chi connectivity index (χ2v) is 9.03. The molecule has 0 aromatic heterocycles. The van der Waals surface area contributed by atoms with E-state index in [4.69, 9.17) is 9.47 Å². The number of hydrogen-bond donors (Lipinski definition) is 1. The largest absolute Gasteiger partial charge is 0.497 e. The number of carbonyl (C=O) groups is 1. The second-order valence-electron chi connectivity index (χ2n) is 9.03. The Morgan fingerprint density at radius 3 is 2.52 bits per heavy atom. The fraction of sp³-hybridized carbons (Fsp3) is 0.500. The average molecular weight is 427 g/mol. The molecule has 2 fully saturated rings. The molecule has 0 unspecified atom stereocenters. The Kier molecular flexibility index (Phi) is 6.79. The number of benzene rings is 2. The Hall–Kier alpha value is -2.56. The summed E-state index contributed by atoms with van der Waals surface area (Å²) in [7, 11) is 1.61. The van der Waals surface area contributed by atoms with Gasteiger partial charge in [0.15, 0.2) is 0 Å². The lowest BCUT2D eigenvalue weighted by Crippen LogP contribution is -2.20. The first-order valence-corrected chi connectivity index (χ1v) is 11.3. The molecule has 1 N–H and O–H groups in total. The standard InChI is InChI=1S/C26H31FO4/c1-30-21-11-12-25(27)24(14-21)19-7-5-17(6-8-19)16-31-22-4-2-3-20(13-22)23(15-26(28)29)18-9-10-18/h2-4,11-14,17-19,23H,5-10,15-16H2,1H3,(H,28,29)/t17?,19?,23-/m1/s1. The predicted octanol–water partition coefficient (Wildman–Crippen LogP) is 6.16. The van der Waals surface area contributed by atoms with Crippen LogP contribution in [0.1, 0.15) is 67.9 Å². The van der Waals surface area contributed by atoms with Crippen molar-refractivity contribution in [2.75, 3.05) is 13.7 Å². The lowest BCUT2D eigenvalue weighted by Gasteiger charge is -2.29. The van der Waals surface area contributed by atoms with Crippen molar-refractivity contribution in [1.29, 1.82) is 0 Å². The normalized spacial score (nSPS) is 22.0. The van der Waals surface area contributed by atoms with Crippen LogP contribution in [0.3, 0.4) is 0 Å². The summed E-state index contributed by atoms with van der Waals surface area (Å²) in [6.07, 6.45) is 6.30. The van der Waals surface area contributed by atoms with Crippen molar-refractivity contribution in [2.24, 2.45) is 11.8 Å². The van der Waals surface area contributed by atoms with Crippen LogP contribution in [0.15, 0.2) is 42.5 Å². The van der Waals surface area contributed by atoms with Crippen molar-refractivity contribution in [3.63, 3.8) is 0 Å². The zero-order chi connectivity index (χ0) is 21.8. The Morgan fingerprint density at radius 1 is 1.06 bits per heavy atom. The van der Waals surface area contributed by atoms with E-state index in [2.05, 4.69) is 0 Å². The topological polar surface area (TPSA) is 55.8 Å². The van der Waals surface area contributed by atoms with E-state index in [0.717, 1.165) is 55.4 Å². The van der Waals surface area contributed by atoms with Crippen molar-refractivity contribution < 1.29 is 23.8 Å². The lowest BCUT2D eigenvalue weighted by atomic mass is 9.79. The van der Waals surface area contributed by atoms with Crippen LogP contribution in [-0.4, -0.2) is 24.8 Å². The highest BCUT2D eigenvalue weighted by atomic mass is 19.1. The molecule has 2 aliphatic carbocycles. The van der Waals surface area contributed by atoms with Crippen LogP contribution in [0.2, 0.25) is 0 Å². The van der Waals surface area contributed by atoms with Gasteiger partial charge in [-0.15, -0.1) is 0 Å². The SMILES string of the molecule is COc1ccc(F)c(C2CCC(COc3cccc([C@H](CC(=O)O)C4CC4)c3)CC2)c1. The summed E-state index contributed by atoms with van der Waals surface area (Å²) < 4.78 is 25.6. The minimum absolute atomic E-state index is 0.0780. The van der Waals surface area contributed by atoms with Gasteiger partial charge in [0.05, 0.1) is 20.1 Å². The minimum atomic E-state index is -0.743. The van der Waals surface area contributed by atoms with Crippen molar-refractivity contribution in [2.45, 2.75) is 56.8 Å². The lowest BCUT2D eigenvalue weighted by molar-refractivity contribution is -0.137. The summed E-state index contributed by atoms with van der Waals surface area (Å²) >= 11 is 0. The molecule has 4 nitrogen and oxygen atoms in total. The van der Waals surface area contributed by atoms with E-state index < -0.39 is 5.97 Å². The zero-order valence-electron chi connectivity index (χ0n) is 18.1. The van der Waals surface area contributed by atoms with Crippen LogP contribution in [0, 0.1) is 17.7 Å². The molecule has 2 aromatic rings. The monoisotopic (exact) mass is 426 g/mol. The number of hydrogen-bond acceptors (Lipinski definition) is 3. The third-order valence-electron chi connectivity index (χ3n) is 6.85. The molecule has 0 spiro atoms. The summed E-state index contributed by atoms with van der Waals surface area (Å²) in [5.74, 6) is 1.87. The maximum absolute atomic E-state index is 14.3. The first-order chi connectivity index (χ1) is 15.0. The molecule has 5 heteroatoms. The summed E-state index contributed by atoms with van der Waals surface area (Å²) in [6.45, 7) is 0.643. The number of halogens is 1. The number of methoxy groups -OCH3 is 1. The quantitative estimate of drug-likeness (QED) is 0.522. The Bertz CT molecular complexity index is 900. The van der Waals surface area contributed by atoms with Gasteiger partial charge in [-0.1, -0.05) is 12.1 Å². The van der Waals surface area contributed by atoms with Crippen molar-refractivity contribution in [3.05, 3.63) is 59.4 Å². The number of ether oxygens (including phenoxy) is 2. The van der Waals surface area contributed by atoms with E-state index in [0.29, 0.717) is 24.2 Å². The number of rotatable bonds is 9. The van der Waals surface area contributed by atoms with Gasteiger partial charge in [-0.25, -0.2) is 4.39 Å². The molecule has 4 rings (SSSR count). The van der Waals surface area contributed by atoms with Crippen LogP contribution >= 0.6 is 0 Å². The maximum atomic E-state index is 14.3. The van der Waals surface area contributed by atoms with E-state index in [1.165, 1.54) is 6.07 Å². The zero-order valence-corrected chi connectivity index (χ0v) is 18.1. The Balaban J connectivity index is 1.31. The summed E-state index contributed by atoms with van der Waals surface area (Å²) in [5, 5.41) is 9.25. The van der Waals surface area contributed by atoms with E-state index >= 15 is 0 Å². The highest BCUT2D eigenvalue weighted by Crippen LogP contribution is 2.45. The molecule has 31 heavy (non-hydrogen) atoms. The molecule has 1 atom stereocenters. The molecule has 2 saturated carbocycles. The molecule has 0 aliphatic heterocycles. The van der Waals surface area contributed by atoms with Gasteiger partial charge in [0.2, 0.25) is 0 Å². The molecular formula is C26H31FO4. The number of aliphatic carboxylic acids is 1. The molecule has 0 amide bonds. The molecule has 0 saturated heterocycles. The van der Waals surface area contributed by atoms with Gasteiger partial charge < -0.3 is 14.6 Å². The third-order valence-corrected chi connectivity index (χ3v) is 6.85. The van der Waals surface area contributed by atoms with E-state index in [1.54, 1.807) is 13.2 Å². The molecule has 0 radical (unpaired) electrons. The van der Waals surface area contributed by atoms with Gasteiger partial charge in [-0.05, 0) is 104 Å². The Morgan fingerprint density at radius 2 is 1.84 bits per heavy atom. The summed E-state index contributed by atoms with van der Waals surface area (Å²) in [4.78, 5) is 11.3. The van der Waals surface area contributed by atoms with Crippen LogP contribution in [-0.2, 0) is 4.79 Å². The smallest absolute Gasteiger partial charge is 0.303 e. The van der Waals surface area contributed by atoms with Gasteiger partial charge >= 0.3 is 5.97 Å². The minimum Gasteiger partial charge on any atom is -0.497 e. The van der Waals surface area contributed by atoms with Gasteiger partial charge in [0, 0.05) is 0 Å². The molecule has 166 valence electrons. The first kappa shape index (κ1) is 21.7. The van der Waals surface area contributed by atoms with E-state index in [9.17, 15) is 14.3 Å². The van der Waals surface area contributed by atoms with Crippen LogP contribution < -0.4 is 9.47 Å². The van der Waals surface area contributed by atoms with Gasteiger partial charge in [0.1, 0.15) is 17.3 Å². The molecular weight excluding hydrogens is 395 g/mol. The molecule has 0 heterocycles. The van der Waals surface area contributed by atoms with Crippen LogP contribution in [0.5, 0.6) is 11.5 Å². The van der Waals surface area contributed by atoms with Crippen molar-refractivity contribution >= 4 is 5.97 Å². The van der Waals surface area contributed by atoms with Gasteiger partial charge in [-0.2, -0.15) is 0 Å². The van der Waals surface area contributed by atoms with E-state index in [1.807, 2.05) is 30.3 Å². The molecule has 0 bridgehead atoms. The van der Waals surface area contributed by atoms with Gasteiger partial charge in [0.25, 0.3) is 0 Å².